The van der Waals surface area contributed by atoms with E-state index in [9.17, 15) is 4.79 Å². The van der Waals surface area contributed by atoms with Gasteiger partial charge in [0.1, 0.15) is 5.75 Å². The predicted molar refractivity (Wildman–Crippen MR) is 115 cm³/mol. The van der Waals surface area contributed by atoms with E-state index in [0.717, 1.165) is 29.0 Å². The average Bonchev–Trinajstić information content (AvgIpc) is 3.22. The number of aromatic nitrogens is 2. The van der Waals surface area contributed by atoms with Crippen molar-refractivity contribution in [2.45, 2.75) is 43.6 Å². The first-order valence-corrected chi connectivity index (χ1v) is 10.4. The highest BCUT2D eigenvalue weighted by atomic mass is 32.2. The van der Waals surface area contributed by atoms with Gasteiger partial charge in [0.25, 0.3) is 5.22 Å². The molecule has 0 spiro atoms. The molecule has 0 unspecified atom stereocenters. The van der Waals surface area contributed by atoms with E-state index in [1.54, 1.807) is 7.11 Å². The summed E-state index contributed by atoms with van der Waals surface area (Å²) in [5.41, 5.74) is 2.79. The number of amides is 1. The van der Waals surface area contributed by atoms with Gasteiger partial charge in [-0.05, 0) is 55.2 Å². The van der Waals surface area contributed by atoms with Crippen molar-refractivity contribution in [1.82, 2.24) is 10.2 Å². The maximum absolute atomic E-state index is 12.7. The van der Waals surface area contributed by atoms with Gasteiger partial charge in [0, 0.05) is 11.3 Å². The Bertz CT molecular complexity index is 956. The molecule has 0 bridgehead atoms. The van der Waals surface area contributed by atoms with Crippen molar-refractivity contribution < 1.29 is 13.9 Å². The first-order chi connectivity index (χ1) is 14.0. The molecule has 1 N–H and O–H groups in total. The van der Waals surface area contributed by atoms with Crippen molar-refractivity contribution >= 4 is 23.4 Å². The molecule has 0 saturated heterocycles. The van der Waals surface area contributed by atoms with Crippen LogP contribution in [0, 0.1) is 0 Å². The van der Waals surface area contributed by atoms with Gasteiger partial charge >= 0.3 is 0 Å². The van der Waals surface area contributed by atoms with Gasteiger partial charge in [-0.1, -0.05) is 43.8 Å². The third-order valence-electron chi connectivity index (χ3n) is 4.75. The van der Waals surface area contributed by atoms with Gasteiger partial charge in [0.2, 0.25) is 11.8 Å². The molecule has 6 nitrogen and oxygen atoms in total. The minimum atomic E-state index is -0.385. The van der Waals surface area contributed by atoms with E-state index in [2.05, 4.69) is 35.4 Å². The second-order valence-corrected chi connectivity index (χ2v) is 8.04. The van der Waals surface area contributed by atoms with Gasteiger partial charge in [-0.2, -0.15) is 0 Å². The number of benzene rings is 2. The Morgan fingerprint density at radius 2 is 1.86 bits per heavy atom. The van der Waals surface area contributed by atoms with Crippen LogP contribution < -0.4 is 10.1 Å². The highest BCUT2D eigenvalue weighted by molar-refractivity contribution is 8.00. The third-order valence-corrected chi connectivity index (χ3v) is 5.69. The average molecular weight is 412 g/mol. The maximum atomic E-state index is 12.7. The fourth-order valence-corrected chi connectivity index (χ4v) is 3.49. The van der Waals surface area contributed by atoms with Gasteiger partial charge in [0.05, 0.1) is 12.4 Å². The summed E-state index contributed by atoms with van der Waals surface area (Å²) in [5, 5.41) is 11.1. The van der Waals surface area contributed by atoms with Crippen LogP contribution in [0.4, 0.5) is 5.69 Å². The van der Waals surface area contributed by atoms with Crippen LogP contribution in [0.25, 0.3) is 11.5 Å². The Balaban J connectivity index is 1.65. The lowest BCUT2D eigenvalue weighted by molar-refractivity contribution is -0.115. The van der Waals surface area contributed by atoms with Gasteiger partial charge in [-0.3, -0.25) is 4.79 Å². The molecule has 152 valence electrons. The Kier molecular flexibility index (Phi) is 6.93. The number of ether oxygens (including phenoxy) is 1. The Hall–Kier alpha value is -2.80. The van der Waals surface area contributed by atoms with Gasteiger partial charge < -0.3 is 14.5 Å². The lowest BCUT2D eigenvalue weighted by Gasteiger charge is -2.17. The summed E-state index contributed by atoms with van der Waals surface area (Å²) >= 11 is 1.24. The number of hydrogen-bond acceptors (Lipinski definition) is 6. The zero-order chi connectivity index (χ0) is 20.8. The van der Waals surface area contributed by atoms with Crippen LogP contribution in [0.2, 0.25) is 0 Å². The minimum Gasteiger partial charge on any atom is -0.497 e. The molecule has 2 aromatic carbocycles. The number of carbonyl (C=O) groups excluding carboxylic acids is 1. The maximum Gasteiger partial charge on any atom is 0.277 e. The lowest BCUT2D eigenvalue weighted by atomic mass is 9.97. The molecule has 1 amide bonds. The number of anilines is 1. The van der Waals surface area contributed by atoms with Gasteiger partial charge in [-0.15, -0.1) is 10.2 Å². The Labute approximate surface area is 175 Å². The fraction of sp³-hybridized carbons (Fsp3) is 0.318. The highest BCUT2D eigenvalue weighted by Crippen LogP contribution is 2.30. The van der Waals surface area contributed by atoms with Crippen molar-refractivity contribution in [3.8, 4) is 17.2 Å². The van der Waals surface area contributed by atoms with Crippen molar-refractivity contribution in [3.63, 3.8) is 0 Å². The Morgan fingerprint density at radius 3 is 2.55 bits per heavy atom. The smallest absolute Gasteiger partial charge is 0.277 e. The predicted octanol–water partition coefficient (Wildman–Crippen LogP) is 5.38. The fourth-order valence-electron chi connectivity index (χ4n) is 2.81. The van der Waals surface area contributed by atoms with E-state index >= 15 is 0 Å². The Morgan fingerprint density at radius 1 is 1.14 bits per heavy atom. The molecule has 7 heteroatoms. The number of para-hydroxylation sites is 1. The van der Waals surface area contributed by atoms with E-state index in [4.69, 9.17) is 9.15 Å². The van der Waals surface area contributed by atoms with Crippen LogP contribution in [-0.2, 0) is 4.79 Å². The molecular weight excluding hydrogens is 386 g/mol. The molecule has 0 aliphatic heterocycles. The molecule has 3 aromatic rings. The summed E-state index contributed by atoms with van der Waals surface area (Å²) in [5.74, 6) is 1.43. The first-order valence-electron chi connectivity index (χ1n) is 9.56. The number of rotatable bonds is 8. The third kappa shape index (κ3) is 5.17. The van der Waals surface area contributed by atoms with E-state index in [1.807, 2.05) is 49.4 Å². The molecule has 1 heterocycles. The minimum absolute atomic E-state index is 0.102. The molecule has 2 atom stereocenters. The molecule has 0 aliphatic carbocycles. The second-order valence-electron chi connectivity index (χ2n) is 6.75. The van der Waals surface area contributed by atoms with Crippen LogP contribution in [0.15, 0.2) is 58.2 Å². The largest absolute Gasteiger partial charge is 0.497 e. The monoisotopic (exact) mass is 411 g/mol. The normalized spacial score (nSPS) is 13.0. The zero-order valence-electron chi connectivity index (χ0n) is 17.0. The number of methoxy groups -OCH3 is 1. The molecule has 0 fully saturated rings. The van der Waals surface area contributed by atoms with Gasteiger partial charge in [0.15, 0.2) is 0 Å². The quantitative estimate of drug-likeness (QED) is 0.502. The van der Waals surface area contributed by atoms with E-state index in [-0.39, 0.29) is 11.2 Å². The van der Waals surface area contributed by atoms with Crippen molar-refractivity contribution in [2.24, 2.45) is 0 Å². The van der Waals surface area contributed by atoms with Crippen LogP contribution >= 0.6 is 11.8 Å². The lowest BCUT2D eigenvalue weighted by Crippen LogP contribution is -2.23. The topological polar surface area (TPSA) is 77.2 Å². The molecule has 0 radical (unpaired) electrons. The number of thioether (sulfide) groups is 1. The van der Waals surface area contributed by atoms with Crippen molar-refractivity contribution in [1.29, 1.82) is 0 Å². The summed E-state index contributed by atoms with van der Waals surface area (Å²) < 4.78 is 10.9. The van der Waals surface area contributed by atoms with E-state index in [0.29, 0.717) is 17.0 Å². The number of nitrogens with one attached hydrogen (secondary N) is 1. The standard InChI is InChI=1S/C22H25N3O3S/c1-5-14(2)18-8-6-7-9-19(18)23-20(26)15(3)29-22-25-24-21(28-22)16-10-12-17(27-4)13-11-16/h6-15H,5H2,1-4H3,(H,23,26)/t14-,15-/m1/s1. The molecule has 3 rings (SSSR count). The first kappa shape index (κ1) is 20.9. The second kappa shape index (κ2) is 9.60. The molecule has 1 aromatic heterocycles. The number of carbonyl (C=O) groups is 1. The summed E-state index contributed by atoms with van der Waals surface area (Å²) in [6, 6.07) is 15.3. The van der Waals surface area contributed by atoms with Crippen LogP contribution in [-0.4, -0.2) is 28.5 Å². The summed E-state index contributed by atoms with van der Waals surface area (Å²) in [6.07, 6.45) is 1.01. The van der Waals surface area contributed by atoms with Gasteiger partial charge in [-0.25, -0.2) is 0 Å². The molecule has 0 saturated carbocycles. The molecular formula is C22H25N3O3S. The van der Waals surface area contributed by atoms with E-state index in [1.165, 1.54) is 11.8 Å². The number of nitrogens with zero attached hydrogens (tertiary/aromatic N) is 2. The van der Waals surface area contributed by atoms with E-state index < -0.39 is 0 Å². The van der Waals surface area contributed by atoms with Crippen LogP contribution in [0.1, 0.15) is 38.7 Å². The summed E-state index contributed by atoms with van der Waals surface area (Å²) in [6.45, 7) is 6.11. The highest BCUT2D eigenvalue weighted by Gasteiger charge is 2.20. The van der Waals surface area contributed by atoms with Crippen LogP contribution in [0.3, 0.4) is 0 Å². The summed E-state index contributed by atoms with van der Waals surface area (Å²) in [7, 11) is 1.62. The summed E-state index contributed by atoms with van der Waals surface area (Å²) in [4.78, 5) is 12.7. The number of hydrogen-bond donors (Lipinski definition) is 1. The zero-order valence-corrected chi connectivity index (χ0v) is 17.8. The van der Waals surface area contributed by atoms with Crippen molar-refractivity contribution in [2.75, 3.05) is 12.4 Å². The van der Waals surface area contributed by atoms with Crippen LogP contribution in [0.5, 0.6) is 5.75 Å². The van der Waals surface area contributed by atoms with Crippen molar-refractivity contribution in [3.05, 3.63) is 54.1 Å². The molecule has 29 heavy (non-hydrogen) atoms. The SMILES string of the molecule is CC[C@@H](C)c1ccccc1NC(=O)[C@@H](C)Sc1nnc(-c2ccc(OC)cc2)o1. The molecule has 0 aliphatic rings.